The Morgan fingerprint density at radius 2 is 2.09 bits per heavy atom. The largest absolute Gasteiger partial charge is 0.497 e. The van der Waals surface area contributed by atoms with Crippen molar-refractivity contribution in [2.24, 2.45) is 0 Å². The maximum atomic E-state index is 13.4. The molecule has 1 atom stereocenters. The fraction of sp³-hybridized carbons (Fsp3) is 0.250. The van der Waals surface area contributed by atoms with Crippen LogP contribution in [0.5, 0.6) is 5.75 Å². The third-order valence-electron chi connectivity index (χ3n) is 5.84. The quantitative estimate of drug-likeness (QED) is 0.441. The minimum atomic E-state index is -0.438. The van der Waals surface area contributed by atoms with E-state index in [9.17, 15) is 14.0 Å². The fourth-order valence-electron chi connectivity index (χ4n) is 4.12. The van der Waals surface area contributed by atoms with E-state index in [2.05, 4.69) is 20.5 Å². The van der Waals surface area contributed by atoms with Gasteiger partial charge in [-0.1, -0.05) is 17.4 Å². The summed E-state index contributed by atoms with van der Waals surface area (Å²) >= 11 is 1.20. The van der Waals surface area contributed by atoms with Crippen molar-refractivity contribution < 1.29 is 18.7 Å². The van der Waals surface area contributed by atoms with Gasteiger partial charge in [-0.25, -0.2) is 4.39 Å². The molecule has 0 bridgehead atoms. The second kappa shape index (κ2) is 9.22. The van der Waals surface area contributed by atoms with E-state index in [1.165, 1.54) is 29.5 Å². The Morgan fingerprint density at radius 1 is 1.21 bits per heavy atom. The number of amides is 2. The Bertz CT molecular complexity index is 1370. The first-order valence-electron chi connectivity index (χ1n) is 10.9. The molecule has 2 aromatic carbocycles. The maximum absolute atomic E-state index is 13.4. The summed E-state index contributed by atoms with van der Waals surface area (Å²) in [6.45, 7) is 1.15. The Kier molecular flexibility index (Phi) is 5.97. The topological polar surface area (TPSA) is 100 Å². The average Bonchev–Trinajstić information content (AvgIpc) is 3.51. The summed E-state index contributed by atoms with van der Waals surface area (Å²) in [5, 5.41) is 12.7. The summed E-state index contributed by atoms with van der Waals surface area (Å²) in [5.41, 5.74) is 1.72. The SMILES string of the molecule is COc1ccc2cc(C(=O)N3CCCC(c4nnc(C(=O)Nc5cccc(F)c5)s4)C3)[nH]c2c1. The number of aromatic nitrogens is 3. The number of H-pyrrole nitrogens is 1. The summed E-state index contributed by atoms with van der Waals surface area (Å²) in [7, 11) is 1.61. The molecule has 34 heavy (non-hydrogen) atoms. The summed E-state index contributed by atoms with van der Waals surface area (Å²) in [6, 6.07) is 13.2. The maximum Gasteiger partial charge on any atom is 0.286 e. The van der Waals surface area contributed by atoms with Crippen LogP contribution in [0.15, 0.2) is 48.5 Å². The zero-order valence-corrected chi connectivity index (χ0v) is 19.2. The first-order chi connectivity index (χ1) is 16.5. The van der Waals surface area contributed by atoms with E-state index in [0.29, 0.717) is 29.5 Å². The standard InChI is InChI=1S/C24H22FN5O3S/c1-33-18-8-7-14-10-20(27-19(14)12-18)24(32)30-9-3-4-15(13-30)22-28-29-23(34-22)21(31)26-17-6-2-5-16(25)11-17/h2,5-8,10-12,15,27H,3-4,9,13H2,1H3,(H,26,31). The van der Waals surface area contributed by atoms with Crippen LogP contribution in [0.2, 0.25) is 0 Å². The van der Waals surface area contributed by atoms with E-state index in [1.54, 1.807) is 13.2 Å². The molecular formula is C24H22FN5O3S. The first-order valence-corrected chi connectivity index (χ1v) is 11.7. The normalized spacial score (nSPS) is 15.9. The molecule has 1 fully saturated rings. The highest BCUT2D eigenvalue weighted by molar-refractivity contribution is 7.13. The van der Waals surface area contributed by atoms with Gasteiger partial charge in [-0.2, -0.15) is 0 Å². The Balaban J connectivity index is 1.28. The molecule has 10 heteroatoms. The zero-order valence-electron chi connectivity index (χ0n) is 18.4. The zero-order chi connectivity index (χ0) is 23.7. The minimum Gasteiger partial charge on any atom is -0.497 e. The number of hydrogen-bond acceptors (Lipinski definition) is 6. The number of halogens is 1. The van der Waals surface area contributed by atoms with Gasteiger partial charge in [-0.3, -0.25) is 9.59 Å². The predicted octanol–water partition coefficient (Wildman–Crippen LogP) is 4.44. The van der Waals surface area contributed by atoms with Gasteiger partial charge in [0.2, 0.25) is 5.01 Å². The first kappa shape index (κ1) is 22.0. The summed E-state index contributed by atoms with van der Waals surface area (Å²) < 4.78 is 18.6. The Labute approximate surface area is 198 Å². The van der Waals surface area contributed by atoms with Crippen molar-refractivity contribution >= 4 is 39.7 Å². The van der Waals surface area contributed by atoms with Gasteiger partial charge >= 0.3 is 0 Å². The Hall–Kier alpha value is -3.79. The number of anilines is 1. The van der Waals surface area contributed by atoms with Crippen molar-refractivity contribution in [1.29, 1.82) is 0 Å². The summed E-state index contributed by atoms with van der Waals surface area (Å²) in [6.07, 6.45) is 1.68. The van der Waals surface area contributed by atoms with Gasteiger partial charge in [0, 0.05) is 41.7 Å². The van der Waals surface area contributed by atoms with E-state index in [-0.39, 0.29) is 16.8 Å². The van der Waals surface area contributed by atoms with Crippen LogP contribution in [-0.2, 0) is 0 Å². The highest BCUT2D eigenvalue weighted by Crippen LogP contribution is 2.30. The smallest absolute Gasteiger partial charge is 0.286 e. The molecule has 5 rings (SSSR count). The van der Waals surface area contributed by atoms with Crippen molar-refractivity contribution in [2.75, 3.05) is 25.5 Å². The molecule has 2 aromatic heterocycles. The average molecular weight is 480 g/mol. The van der Waals surface area contributed by atoms with Crippen molar-refractivity contribution in [2.45, 2.75) is 18.8 Å². The Morgan fingerprint density at radius 3 is 2.91 bits per heavy atom. The lowest BCUT2D eigenvalue weighted by molar-refractivity contribution is 0.0701. The number of methoxy groups -OCH3 is 1. The van der Waals surface area contributed by atoms with Gasteiger partial charge in [0.05, 0.1) is 7.11 Å². The lowest BCUT2D eigenvalue weighted by atomic mass is 9.98. The minimum absolute atomic E-state index is 0.00427. The third-order valence-corrected chi connectivity index (χ3v) is 6.92. The highest BCUT2D eigenvalue weighted by atomic mass is 32.1. The van der Waals surface area contributed by atoms with Crippen LogP contribution in [0.1, 0.15) is 44.1 Å². The number of likely N-dealkylation sites (tertiary alicyclic amines) is 1. The van der Waals surface area contributed by atoms with Crippen molar-refractivity contribution in [3.8, 4) is 5.75 Å². The van der Waals surface area contributed by atoms with Gasteiger partial charge in [0.1, 0.15) is 22.3 Å². The molecule has 0 radical (unpaired) electrons. The van der Waals surface area contributed by atoms with Crippen molar-refractivity contribution in [3.63, 3.8) is 0 Å². The predicted molar refractivity (Wildman–Crippen MR) is 127 cm³/mol. The van der Waals surface area contributed by atoms with E-state index in [1.807, 2.05) is 29.2 Å². The number of carbonyl (C=O) groups is 2. The lowest BCUT2D eigenvalue weighted by Crippen LogP contribution is -2.39. The molecule has 8 nitrogen and oxygen atoms in total. The van der Waals surface area contributed by atoms with Crippen LogP contribution in [0, 0.1) is 5.82 Å². The molecular weight excluding hydrogens is 457 g/mol. The molecule has 2 amide bonds. The van der Waals surface area contributed by atoms with Crippen LogP contribution >= 0.6 is 11.3 Å². The molecule has 1 saturated heterocycles. The second-order valence-corrected chi connectivity index (χ2v) is 9.15. The van der Waals surface area contributed by atoms with Crippen LogP contribution in [-0.4, -0.2) is 52.1 Å². The van der Waals surface area contributed by atoms with E-state index >= 15 is 0 Å². The number of rotatable bonds is 5. The molecule has 1 aliphatic rings. The molecule has 174 valence electrons. The van der Waals surface area contributed by atoms with Gasteiger partial charge in [-0.15, -0.1) is 10.2 Å². The van der Waals surface area contributed by atoms with Crippen LogP contribution in [0.3, 0.4) is 0 Å². The molecule has 1 unspecified atom stereocenters. The van der Waals surface area contributed by atoms with Crippen LogP contribution < -0.4 is 10.1 Å². The summed E-state index contributed by atoms with van der Waals surface area (Å²) in [5.74, 6) is -0.229. The van der Waals surface area contributed by atoms with Crippen molar-refractivity contribution in [1.82, 2.24) is 20.1 Å². The van der Waals surface area contributed by atoms with Gasteiger partial charge in [0.15, 0.2) is 0 Å². The fourth-order valence-corrected chi connectivity index (χ4v) is 4.99. The number of nitrogens with one attached hydrogen (secondary N) is 2. The van der Waals surface area contributed by atoms with Crippen LogP contribution in [0.25, 0.3) is 10.9 Å². The number of aromatic amines is 1. The third kappa shape index (κ3) is 4.49. The lowest BCUT2D eigenvalue weighted by Gasteiger charge is -2.31. The summed E-state index contributed by atoms with van der Waals surface area (Å²) in [4.78, 5) is 30.7. The highest BCUT2D eigenvalue weighted by Gasteiger charge is 2.29. The van der Waals surface area contributed by atoms with Gasteiger partial charge < -0.3 is 19.9 Å². The van der Waals surface area contributed by atoms with E-state index < -0.39 is 11.7 Å². The molecule has 4 aromatic rings. The number of hydrogen-bond donors (Lipinski definition) is 2. The number of carbonyl (C=O) groups excluding carboxylic acids is 2. The number of nitrogens with zero attached hydrogens (tertiary/aromatic N) is 3. The molecule has 0 saturated carbocycles. The van der Waals surface area contributed by atoms with Gasteiger partial charge in [-0.05, 0) is 49.2 Å². The van der Waals surface area contributed by atoms with Gasteiger partial charge in [0.25, 0.3) is 11.8 Å². The number of ether oxygens (including phenoxy) is 1. The number of benzene rings is 2. The van der Waals surface area contributed by atoms with Crippen LogP contribution in [0.4, 0.5) is 10.1 Å². The molecule has 2 N–H and O–H groups in total. The molecule has 3 heterocycles. The molecule has 1 aliphatic heterocycles. The number of piperidine rings is 1. The molecule has 0 aliphatic carbocycles. The van der Waals surface area contributed by atoms with Crippen molar-refractivity contribution in [3.05, 3.63) is 70.1 Å². The van der Waals surface area contributed by atoms with E-state index in [0.717, 1.165) is 29.5 Å². The monoisotopic (exact) mass is 479 g/mol. The number of fused-ring (bicyclic) bond motifs is 1. The second-order valence-electron chi connectivity index (χ2n) is 8.14. The molecule has 0 spiro atoms. The van der Waals surface area contributed by atoms with E-state index in [4.69, 9.17) is 4.74 Å².